The van der Waals surface area contributed by atoms with Gasteiger partial charge in [-0.05, 0) is 23.9 Å². The van der Waals surface area contributed by atoms with Gasteiger partial charge >= 0.3 is 6.09 Å². The maximum absolute atomic E-state index is 10.7. The lowest BCUT2D eigenvalue weighted by Gasteiger charge is -2.03. The minimum absolute atomic E-state index is 0.0180. The number of alkyl carbamates (subject to hydrolysis) is 1. The van der Waals surface area contributed by atoms with E-state index in [-0.39, 0.29) is 5.17 Å². The van der Waals surface area contributed by atoms with Gasteiger partial charge in [0.15, 0.2) is 5.17 Å². The smallest absolute Gasteiger partial charge is 0.412 e. The molecule has 0 aliphatic carbocycles. The molecule has 0 aliphatic heterocycles. The third kappa shape index (κ3) is 3.44. The Morgan fingerprint density at radius 3 is 3.00 bits per heavy atom. The number of nitrogens with one attached hydrogen (secondary N) is 2. The van der Waals surface area contributed by atoms with E-state index in [2.05, 4.69) is 15.0 Å². The van der Waals surface area contributed by atoms with E-state index in [1.807, 2.05) is 0 Å². The molecule has 0 radical (unpaired) electrons. The van der Waals surface area contributed by atoms with Crippen LogP contribution in [0.3, 0.4) is 0 Å². The van der Waals surface area contributed by atoms with Crippen LogP contribution in [0.25, 0.3) is 0 Å². The Morgan fingerprint density at radius 2 is 2.43 bits per heavy atom. The summed E-state index contributed by atoms with van der Waals surface area (Å²) in [6.45, 7) is 0. The highest BCUT2D eigenvalue weighted by Crippen LogP contribution is 2.13. The minimum atomic E-state index is -0.654. The van der Waals surface area contributed by atoms with Crippen molar-refractivity contribution in [2.45, 2.75) is 5.03 Å². The van der Waals surface area contributed by atoms with E-state index in [4.69, 9.17) is 5.41 Å². The van der Waals surface area contributed by atoms with Crippen LogP contribution in [0.4, 0.5) is 4.79 Å². The standard InChI is InChI=1S/C8H9N3O2S/c1-13-8(12)11-7(9)14-6-4-2-3-5-10-6/h2-5H,1H3,(H2,9,11,12). The summed E-state index contributed by atoms with van der Waals surface area (Å²) in [6.07, 6.45) is 0.965. The summed E-state index contributed by atoms with van der Waals surface area (Å²) in [5.74, 6) is 0. The van der Waals surface area contributed by atoms with Crippen molar-refractivity contribution in [3.8, 4) is 0 Å². The van der Waals surface area contributed by atoms with E-state index in [1.54, 1.807) is 24.4 Å². The van der Waals surface area contributed by atoms with Crippen molar-refractivity contribution in [3.63, 3.8) is 0 Å². The van der Waals surface area contributed by atoms with Gasteiger partial charge in [0.2, 0.25) is 0 Å². The van der Waals surface area contributed by atoms with Gasteiger partial charge in [-0.15, -0.1) is 0 Å². The Morgan fingerprint density at radius 1 is 1.64 bits per heavy atom. The first-order chi connectivity index (χ1) is 6.72. The highest BCUT2D eigenvalue weighted by molar-refractivity contribution is 8.13. The van der Waals surface area contributed by atoms with Gasteiger partial charge in [0.1, 0.15) is 5.03 Å². The average molecular weight is 211 g/mol. The van der Waals surface area contributed by atoms with Crippen LogP contribution >= 0.6 is 11.8 Å². The third-order valence-electron chi connectivity index (χ3n) is 1.25. The summed E-state index contributed by atoms with van der Waals surface area (Å²) in [5, 5.41) is 10.2. The molecule has 1 aromatic heterocycles. The van der Waals surface area contributed by atoms with Crippen LogP contribution in [0.2, 0.25) is 0 Å². The van der Waals surface area contributed by atoms with Crippen molar-refractivity contribution in [1.82, 2.24) is 10.3 Å². The lowest BCUT2D eigenvalue weighted by molar-refractivity contribution is 0.177. The molecule has 0 bridgehead atoms. The molecule has 0 fully saturated rings. The molecular weight excluding hydrogens is 202 g/mol. The second kappa shape index (κ2) is 5.23. The number of ether oxygens (including phenoxy) is 1. The number of amidine groups is 1. The Labute approximate surface area is 85.4 Å². The molecule has 74 valence electrons. The fourth-order valence-electron chi connectivity index (χ4n) is 0.681. The first-order valence-corrected chi connectivity index (χ1v) is 4.56. The largest absolute Gasteiger partial charge is 0.453 e. The predicted octanol–water partition coefficient (Wildman–Crippen LogP) is 1.46. The van der Waals surface area contributed by atoms with Gasteiger partial charge in [-0.2, -0.15) is 0 Å². The average Bonchev–Trinajstić information content (AvgIpc) is 2.19. The zero-order valence-corrected chi connectivity index (χ0v) is 8.30. The number of thioether (sulfide) groups is 1. The van der Waals surface area contributed by atoms with Crippen LogP contribution in [-0.2, 0) is 4.74 Å². The molecule has 14 heavy (non-hydrogen) atoms. The van der Waals surface area contributed by atoms with Crippen molar-refractivity contribution < 1.29 is 9.53 Å². The van der Waals surface area contributed by atoms with E-state index in [0.29, 0.717) is 5.03 Å². The van der Waals surface area contributed by atoms with Crippen LogP contribution in [0.1, 0.15) is 0 Å². The Balaban J connectivity index is 2.46. The van der Waals surface area contributed by atoms with E-state index in [9.17, 15) is 4.79 Å². The van der Waals surface area contributed by atoms with Crippen LogP contribution in [0.15, 0.2) is 29.4 Å². The molecule has 0 aliphatic rings. The summed E-state index contributed by atoms with van der Waals surface area (Å²) in [5.41, 5.74) is 0. The van der Waals surface area contributed by atoms with E-state index >= 15 is 0 Å². The van der Waals surface area contributed by atoms with Crippen LogP contribution in [-0.4, -0.2) is 23.4 Å². The molecule has 0 unspecified atom stereocenters. The van der Waals surface area contributed by atoms with Gasteiger partial charge in [-0.1, -0.05) is 6.07 Å². The Bertz CT molecular complexity index is 329. The summed E-state index contributed by atoms with van der Waals surface area (Å²) in [6, 6.07) is 5.33. The Kier molecular flexibility index (Phi) is 3.93. The molecule has 0 saturated heterocycles. The first-order valence-electron chi connectivity index (χ1n) is 3.75. The molecule has 1 rings (SSSR count). The molecule has 1 aromatic rings. The van der Waals surface area contributed by atoms with Gasteiger partial charge in [-0.3, -0.25) is 10.7 Å². The molecule has 6 heteroatoms. The zero-order chi connectivity index (χ0) is 10.4. The quantitative estimate of drug-likeness (QED) is 0.419. The van der Waals surface area contributed by atoms with Gasteiger partial charge in [0.05, 0.1) is 7.11 Å². The SMILES string of the molecule is COC(=O)NC(=N)Sc1ccccn1. The monoisotopic (exact) mass is 211 g/mol. The number of carbonyl (C=O) groups is 1. The second-order valence-corrected chi connectivity index (χ2v) is 3.25. The van der Waals surface area contributed by atoms with Crippen molar-refractivity contribution in [1.29, 1.82) is 5.41 Å². The normalized spacial score (nSPS) is 9.21. The fourth-order valence-corrected chi connectivity index (χ4v) is 1.28. The molecule has 1 amide bonds. The molecule has 1 heterocycles. The molecule has 2 N–H and O–H groups in total. The third-order valence-corrected chi connectivity index (χ3v) is 2.00. The molecular formula is C8H9N3O2S. The number of hydrogen-bond acceptors (Lipinski definition) is 5. The van der Waals surface area contributed by atoms with Crippen molar-refractivity contribution in [2.24, 2.45) is 0 Å². The van der Waals surface area contributed by atoms with Gasteiger partial charge in [-0.25, -0.2) is 9.78 Å². The minimum Gasteiger partial charge on any atom is -0.453 e. The number of nitrogens with zero attached hydrogens (tertiary/aromatic N) is 1. The van der Waals surface area contributed by atoms with Gasteiger partial charge in [0, 0.05) is 6.20 Å². The molecule has 0 saturated carbocycles. The highest BCUT2D eigenvalue weighted by atomic mass is 32.2. The van der Waals surface area contributed by atoms with Crippen LogP contribution < -0.4 is 5.32 Å². The number of rotatable bonds is 1. The van der Waals surface area contributed by atoms with Crippen LogP contribution in [0.5, 0.6) is 0 Å². The number of methoxy groups -OCH3 is 1. The first kappa shape index (κ1) is 10.5. The van der Waals surface area contributed by atoms with Crippen molar-refractivity contribution in [3.05, 3.63) is 24.4 Å². The topological polar surface area (TPSA) is 75.1 Å². The summed E-state index contributed by atoms with van der Waals surface area (Å²) in [7, 11) is 1.24. The molecule has 0 aromatic carbocycles. The number of carbonyl (C=O) groups excluding carboxylic acids is 1. The fraction of sp³-hybridized carbons (Fsp3) is 0.125. The van der Waals surface area contributed by atoms with Crippen molar-refractivity contribution >= 4 is 23.0 Å². The number of amides is 1. The van der Waals surface area contributed by atoms with Gasteiger partial charge in [0.25, 0.3) is 0 Å². The highest BCUT2D eigenvalue weighted by Gasteiger charge is 2.05. The predicted molar refractivity (Wildman–Crippen MR) is 53.4 cm³/mol. The molecule has 0 atom stereocenters. The van der Waals surface area contributed by atoms with E-state index in [0.717, 1.165) is 11.8 Å². The van der Waals surface area contributed by atoms with E-state index in [1.165, 1.54) is 7.11 Å². The van der Waals surface area contributed by atoms with Gasteiger partial charge < -0.3 is 4.74 Å². The Hall–Kier alpha value is -1.56. The summed E-state index contributed by atoms with van der Waals surface area (Å²) >= 11 is 1.05. The summed E-state index contributed by atoms with van der Waals surface area (Å²) in [4.78, 5) is 14.7. The van der Waals surface area contributed by atoms with Crippen LogP contribution in [0, 0.1) is 5.41 Å². The lowest BCUT2D eigenvalue weighted by atomic mass is 10.5. The summed E-state index contributed by atoms with van der Waals surface area (Å²) < 4.78 is 4.33. The molecule has 5 nitrogen and oxygen atoms in total. The number of aromatic nitrogens is 1. The number of pyridine rings is 1. The lowest BCUT2D eigenvalue weighted by Crippen LogP contribution is -2.27. The molecule has 0 spiro atoms. The van der Waals surface area contributed by atoms with Crippen molar-refractivity contribution in [2.75, 3.05) is 7.11 Å². The maximum atomic E-state index is 10.7. The number of hydrogen-bond donors (Lipinski definition) is 2. The van der Waals surface area contributed by atoms with E-state index < -0.39 is 6.09 Å². The maximum Gasteiger partial charge on any atom is 0.412 e. The second-order valence-electron chi connectivity index (χ2n) is 2.22. The zero-order valence-electron chi connectivity index (χ0n) is 7.48.